The predicted molar refractivity (Wildman–Crippen MR) is 80.9 cm³/mol. The Morgan fingerprint density at radius 1 is 1.38 bits per heavy atom. The molecule has 3 rings (SSSR count). The van der Waals surface area contributed by atoms with E-state index in [0.29, 0.717) is 29.3 Å². The van der Waals surface area contributed by atoms with Crippen LogP contribution in [0.3, 0.4) is 0 Å². The summed E-state index contributed by atoms with van der Waals surface area (Å²) in [5.74, 6) is 0.832. The first-order chi connectivity index (χ1) is 9.95. The molecule has 1 aromatic heterocycles. The van der Waals surface area contributed by atoms with E-state index in [1.807, 2.05) is 0 Å². The molecule has 2 aliphatic heterocycles. The third kappa shape index (κ3) is 3.24. The molecular formula is C12H16ClN3O3S2. The normalized spacial score (nSPS) is 25.3. The van der Waals surface area contributed by atoms with E-state index in [-0.39, 0.29) is 16.7 Å². The number of halogens is 1. The minimum Gasteiger partial charge on any atom is -0.341 e. The smallest absolute Gasteiger partial charge is 0.250 e. The van der Waals surface area contributed by atoms with Gasteiger partial charge >= 0.3 is 0 Å². The highest BCUT2D eigenvalue weighted by Gasteiger charge is 2.38. The van der Waals surface area contributed by atoms with Crippen molar-refractivity contribution in [3.05, 3.63) is 16.5 Å². The van der Waals surface area contributed by atoms with Crippen molar-refractivity contribution in [3.8, 4) is 0 Å². The second kappa shape index (κ2) is 5.85. The van der Waals surface area contributed by atoms with Crippen LogP contribution in [0.15, 0.2) is 16.3 Å². The SMILES string of the molecule is O=C(CNS(=O)(=O)c1ccc(Cl)s1)N1C[C@H]2CNC[C@H]2C1. The number of likely N-dealkylation sites (tertiary alicyclic amines) is 1. The predicted octanol–water partition coefficient (Wildman–Crippen LogP) is 0.358. The summed E-state index contributed by atoms with van der Waals surface area (Å²) in [5, 5.41) is 3.30. The first-order valence-electron chi connectivity index (χ1n) is 6.69. The maximum absolute atomic E-state index is 12.1. The zero-order valence-corrected chi connectivity index (χ0v) is 13.6. The standard InChI is InChI=1S/C12H16ClN3O3S2/c13-10-1-2-12(20-10)21(18,19)15-5-11(17)16-6-8-3-14-4-9(8)7-16/h1-2,8-9,14-15H,3-7H2/t8-,9+. The number of rotatable bonds is 4. The Morgan fingerprint density at radius 3 is 2.62 bits per heavy atom. The van der Waals surface area contributed by atoms with Gasteiger partial charge in [0.2, 0.25) is 5.91 Å². The number of fused-ring (bicyclic) bond motifs is 1. The molecule has 0 spiro atoms. The molecule has 21 heavy (non-hydrogen) atoms. The third-order valence-corrected chi connectivity index (χ3v) is 7.09. The van der Waals surface area contributed by atoms with E-state index in [0.717, 1.165) is 24.4 Å². The van der Waals surface area contributed by atoms with Gasteiger partial charge in [-0.2, -0.15) is 0 Å². The second-order valence-corrected chi connectivity index (χ2v) is 9.07. The van der Waals surface area contributed by atoms with Crippen molar-refractivity contribution in [2.45, 2.75) is 4.21 Å². The van der Waals surface area contributed by atoms with Gasteiger partial charge in [0.15, 0.2) is 0 Å². The van der Waals surface area contributed by atoms with Gasteiger partial charge in [-0.1, -0.05) is 11.6 Å². The van der Waals surface area contributed by atoms with Crippen molar-refractivity contribution in [3.63, 3.8) is 0 Å². The first kappa shape index (κ1) is 15.2. The van der Waals surface area contributed by atoms with Gasteiger partial charge in [-0.3, -0.25) is 4.79 Å². The van der Waals surface area contributed by atoms with Crippen molar-refractivity contribution in [2.75, 3.05) is 32.7 Å². The van der Waals surface area contributed by atoms with Gasteiger partial charge < -0.3 is 10.2 Å². The van der Waals surface area contributed by atoms with E-state index >= 15 is 0 Å². The molecule has 2 fully saturated rings. The van der Waals surface area contributed by atoms with Crippen molar-refractivity contribution in [1.82, 2.24) is 14.9 Å². The largest absolute Gasteiger partial charge is 0.341 e. The summed E-state index contributed by atoms with van der Waals surface area (Å²) >= 11 is 6.71. The highest BCUT2D eigenvalue weighted by Crippen LogP contribution is 2.27. The van der Waals surface area contributed by atoms with Crippen LogP contribution in [0.5, 0.6) is 0 Å². The first-order valence-corrected chi connectivity index (χ1v) is 9.37. The zero-order chi connectivity index (χ0) is 15.0. The Labute approximate surface area is 132 Å². The van der Waals surface area contributed by atoms with E-state index in [1.165, 1.54) is 12.1 Å². The number of sulfonamides is 1. The molecule has 2 saturated heterocycles. The highest BCUT2D eigenvalue weighted by molar-refractivity contribution is 7.91. The Morgan fingerprint density at radius 2 is 2.05 bits per heavy atom. The summed E-state index contributed by atoms with van der Waals surface area (Å²) in [4.78, 5) is 13.9. The molecule has 9 heteroatoms. The fraction of sp³-hybridized carbons (Fsp3) is 0.583. The Balaban J connectivity index is 1.56. The lowest BCUT2D eigenvalue weighted by Crippen LogP contribution is -2.40. The molecule has 2 aliphatic rings. The molecule has 1 aromatic rings. The molecule has 116 valence electrons. The molecule has 0 radical (unpaired) electrons. The lowest BCUT2D eigenvalue weighted by molar-refractivity contribution is -0.129. The number of nitrogens with one attached hydrogen (secondary N) is 2. The molecule has 0 saturated carbocycles. The number of hydrogen-bond donors (Lipinski definition) is 2. The van der Waals surface area contributed by atoms with Crippen LogP contribution in [0.25, 0.3) is 0 Å². The summed E-state index contributed by atoms with van der Waals surface area (Å²) in [7, 11) is -3.66. The minimum atomic E-state index is -3.66. The number of carbonyl (C=O) groups is 1. The van der Waals surface area contributed by atoms with Gasteiger partial charge in [-0.25, -0.2) is 13.1 Å². The number of amides is 1. The van der Waals surface area contributed by atoms with E-state index in [1.54, 1.807) is 4.90 Å². The van der Waals surface area contributed by atoms with Crippen LogP contribution >= 0.6 is 22.9 Å². The average Bonchev–Trinajstić information content (AvgIpc) is 3.10. The maximum Gasteiger partial charge on any atom is 0.250 e. The van der Waals surface area contributed by atoms with Gasteiger partial charge in [0, 0.05) is 26.2 Å². The highest BCUT2D eigenvalue weighted by atomic mass is 35.5. The molecule has 0 aromatic carbocycles. The van der Waals surface area contributed by atoms with Crippen LogP contribution in [-0.4, -0.2) is 51.9 Å². The van der Waals surface area contributed by atoms with Crippen LogP contribution in [-0.2, 0) is 14.8 Å². The molecule has 3 heterocycles. The van der Waals surface area contributed by atoms with Gasteiger partial charge in [0.25, 0.3) is 10.0 Å². The molecule has 2 atom stereocenters. The molecule has 0 aliphatic carbocycles. The fourth-order valence-corrected chi connectivity index (χ4v) is 5.34. The fourth-order valence-electron chi connectivity index (χ4n) is 2.84. The van der Waals surface area contributed by atoms with E-state index in [9.17, 15) is 13.2 Å². The summed E-state index contributed by atoms with van der Waals surface area (Å²) < 4.78 is 26.9. The Kier molecular flexibility index (Phi) is 4.24. The third-order valence-electron chi connectivity index (χ3n) is 3.97. The lowest BCUT2D eigenvalue weighted by Gasteiger charge is -2.17. The molecule has 1 amide bonds. The Hall–Kier alpha value is -0.670. The Bertz CT molecular complexity index is 634. The summed E-state index contributed by atoms with van der Waals surface area (Å²) in [6, 6.07) is 2.96. The monoisotopic (exact) mass is 349 g/mol. The van der Waals surface area contributed by atoms with Gasteiger partial charge in [0.05, 0.1) is 10.9 Å². The second-order valence-electron chi connectivity index (χ2n) is 5.36. The van der Waals surface area contributed by atoms with E-state index in [2.05, 4.69) is 10.0 Å². The van der Waals surface area contributed by atoms with Crippen LogP contribution in [0.1, 0.15) is 0 Å². The zero-order valence-electron chi connectivity index (χ0n) is 11.2. The molecule has 6 nitrogen and oxygen atoms in total. The molecular weight excluding hydrogens is 334 g/mol. The number of hydrogen-bond acceptors (Lipinski definition) is 5. The molecule has 2 N–H and O–H groups in total. The topological polar surface area (TPSA) is 78.5 Å². The summed E-state index contributed by atoms with van der Waals surface area (Å²) in [5.41, 5.74) is 0. The quantitative estimate of drug-likeness (QED) is 0.822. The van der Waals surface area contributed by atoms with Gasteiger partial charge in [-0.15, -0.1) is 11.3 Å². The van der Waals surface area contributed by atoms with Gasteiger partial charge in [-0.05, 0) is 24.0 Å². The number of thiophene rings is 1. The molecule has 0 unspecified atom stereocenters. The minimum absolute atomic E-state index is 0.128. The van der Waals surface area contributed by atoms with Crippen LogP contribution in [0, 0.1) is 11.8 Å². The average molecular weight is 350 g/mol. The van der Waals surface area contributed by atoms with E-state index < -0.39 is 10.0 Å². The summed E-state index contributed by atoms with van der Waals surface area (Å²) in [6.07, 6.45) is 0. The maximum atomic E-state index is 12.1. The lowest BCUT2D eigenvalue weighted by atomic mass is 10.0. The van der Waals surface area contributed by atoms with Gasteiger partial charge in [0.1, 0.15) is 4.21 Å². The van der Waals surface area contributed by atoms with Crippen molar-refractivity contribution >= 4 is 38.9 Å². The van der Waals surface area contributed by atoms with Crippen LogP contribution in [0.4, 0.5) is 0 Å². The molecule has 0 bridgehead atoms. The van der Waals surface area contributed by atoms with Crippen molar-refractivity contribution in [1.29, 1.82) is 0 Å². The number of nitrogens with zero attached hydrogens (tertiary/aromatic N) is 1. The van der Waals surface area contributed by atoms with Crippen LogP contribution < -0.4 is 10.0 Å². The summed E-state index contributed by atoms with van der Waals surface area (Å²) in [6.45, 7) is 3.10. The van der Waals surface area contributed by atoms with Crippen molar-refractivity contribution < 1.29 is 13.2 Å². The van der Waals surface area contributed by atoms with Crippen LogP contribution in [0.2, 0.25) is 4.34 Å². The van der Waals surface area contributed by atoms with Crippen molar-refractivity contribution in [2.24, 2.45) is 11.8 Å². The van der Waals surface area contributed by atoms with E-state index in [4.69, 9.17) is 11.6 Å². The number of carbonyl (C=O) groups excluding carboxylic acids is 1.